The lowest BCUT2D eigenvalue weighted by atomic mass is 10.0. The van der Waals surface area contributed by atoms with Gasteiger partial charge in [0.2, 0.25) is 0 Å². The Kier molecular flexibility index (Phi) is 2.46. The molecule has 0 fully saturated rings. The molecule has 0 spiro atoms. The maximum atomic E-state index is 10.7. The molecule has 3 N–H and O–H groups in total. The normalized spacial score (nSPS) is 16.3. The van der Waals surface area contributed by atoms with E-state index in [0.29, 0.717) is 0 Å². The van der Waals surface area contributed by atoms with E-state index in [4.69, 9.17) is 5.73 Å². The van der Waals surface area contributed by atoms with E-state index in [1.807, 2.05) is 19.2 Å². The molecule has 2 unspecified atom stereocenters. The molecule has 1 rings (SSSR count). The molecule has 0 bridgehead atoms. The van der Waals surface area contributed by atoms with Gasteiger partial charge in [0.25, 0.3) is 0 Å². The van der Waals surface area contributed by atoms with E-state index in [-0.39, 0.29) is 16.8 Å². The third-order valence-corrected chi connectivity index (χ3v) is 2.51. The molecule has 4 heteroatoms. The van der Waals surface area contributed by atoms with Gasteiger partial charge in [-0.1, -0.05) is 18.3 Å². The van der Waals surface area contributed by atoms with Crippen LogP contribution >= 0.6 is 11.3 Å². The van der Waals surface area contributed by atoms with Gasteiger partial charge in [-0.25, -0.2) is 0 Å². The fraction of sp³-hybridized carbons (Fsp3) is 0.571. The zero-order valence-electron chi connectivity index (χ0n) is 6.63. The van der Waals surface area contributed by atoms with Crippen molar-refractivity contribution in [2.45, 2.75) is 25.8 Å². The van der Waals surface area contributed by atoms with E-state index in [1.54, 1.807) is 0 Å². The molecule has 1 aromatic rings. The number of hydrogen-bond acceptors (Lipinski definition) is 3. The van der Waals surface area contributed by atoms with Crippen LogP contribution < -0.4 is 10.6 Å². The van der Waals surface area contributed by atoms with Gasteiger partial charge in [0.05, 0.1) is 0 Å². The number of hydrogen-bond donors (Lipinski definition) is 2. The summed E-state index contributed by atoms with van der Waals surface area (Å²) in [5.41, 5.74) is 6.60. The number of H-pyrrole nitrogens is 1. The van der Waals surface area contributed by atoms with Crippen molar-refractivity contribution in [2.24, 2.45) is 5.73 Å². The van der Waals surface area contributed by atoms with E-state index in [2.05, 4.69) is 4.98 Å². The quantitative estimate of drug-likeness (QED) is 0.696. The smallest absolute Gasteiger partial charge is 0.304 e. The Bertz CT molecular complexity index is 276. The predicted molar refractivity (Wildman–Crippen MR) is 47.0 cm³/mol. The van der Waals surface area contributed by atoms with Crippen LogP contribution in [0, 0.1) is 0 Å². The first-order chi connectivity index (χ1) is 5.11. The molecule has 11 heavy (non-hydrogen) atoms. The number of aromatic amines is 1. The van der Waals surface area contributed by atoms with E-state index in [9.17, 15) is 4.79 Å². The third-order valence-electron chi connectivity index (χ3n) is 1.82. The highest BCUT2D eigenvalue weighted by atomic mass is 32.1. The molecule has 3 nitrogen and oxygen atoms in total. The van der Waals surface area contributed by atoms with Gasteiger partial charge in [0.1, 0.15) is 0 Å². The van der Waals surface area contributed by atoms with E-state index in [1.165, 1.54) is 11.3 Å². The first-order valence-electron chi connectivity index (χ1n) is 3.54. The third kappa shape index (κ3) is 1.91. The summed E-state index contributed by atoms with van der Waals surface area (Å²) in [5, 5.41) is 1.83. The van der Waals surface area contributed by atoms with E-state index < -0.39 is 0 Å². The summed E-state index contributed by atoms with van der Waals surface area (Å²) < 4.78 is 0. The van der Waals surface area contributed by atoms with Crippen LogP contribution in [-0.2, 0) is 0 Å². The van der Waals surface area contributed by atoms with Crippen LogP contribution in [0.3, 0.4) is 0 Å². The van der Waals surface area contributed by atoms with Crippen LogP contribution in [0.25, 0.3) is 0 Å². The Morgan fingerprint density at radius 1 is 1.64 bits per heavy atom. The fourth-order valence-corrected chi connectivity index (χ4v) is 1.48. The van der Waals surface area contributed by atoms with Gasteiger partial charge in [0.15, 0.2) is 0 Å². The molecule has 62 valence electrons. The second-order valence-electron chi connectivity index (χ2n) is 2.75. The Hall–Kier alpha value is -0.610. The van der Waals surface area contributed by atoms with Crippen molar-refractivity contribution < 1.29 is 0 Å². The first-order valence-corrected chi connectivity index (χ1v) is 4.42. The second kappa shape index (κ2) is 3.19. The largest absolute Gasteiger partial charge is 0.327 e. The molecule has 1 aromatic heterocycles. The lowest BCUT2D eigenvalue weighted by molar-refractivity contribution is 0.600. The zero-order valence-corrected chi connectivity index (χ0v) is 7.44. The summed E-state index contributed by atoms with van der Waals surface area (Å²) in [6.45, 7) is 3.93. The molecule has 0 aliphatic rings. The molecular weight excluding hydrogens is 160 g/mol. The molecule has 0 saturated heterocycles. The molecule has 0 amide bonds. The highest BCUT2D eigenvalue weighted by Crippen LogP contribution is 2.14. The summed E-state index contributed by atoms with van der Waals surface area (Å²) in [7, 11) is 0. The average molecular weight is 172 g/mol. The van der Waals surface area contributed by atoms with Crippen molar-refractivity contribution >= 4 is 11.3 Å². The van der Waals surface area contributed by atoms with Crippen LogP contribution in [-0.4, -0.2) is 11.0 Å². The molecule has 0 radical (unpaired) electrons. The molecular formula is C7H12N2OS. The van der Waals surface area contributed by atoms with Gasteiger partial charge in [-0.2, -0.15) is 0 Å². The van der Waals surface area contributed by atoms with Gasteiger partial charge in [-0.15, -0.1) is 0 Å². The summed E-state index contributed by atoms with van der Waals surface area (Å²) in [5.74, 6) is 0.231. The van der Waals surface area contributed by atoms with Crippen LogP contribution in [0.1, 0.15) is 25.5 Å². The summed E-state index contributed by atoms with van der Waals surface area (Å²) >= 11 is 1.18. The summed E-state index contributed by atoms with van der Waals surface area (Å²) in [4.78, 5) is 13.5. The Balaban J connectivity index is 2.84. The minimum absolute atomic E-state index is 0.00694. The number of rotatable bonds is 2. The van der Waals surface area contributed by atoms with Crippen molar-refractivity contribution in [3.63, 3.8) is 0 Å². The Morgan fingerprint density at radius 3 is 2.64 bits per heavy atom. The van der Waals surface area contributed by atoms with Crippen LogP contribution in [0.15, 0.2) is 10.2 Å². The molecule has 1 heterocycles. The molecule has 2 atom stereocenters. The van der Waals surface area contributed by atoms with Gasteiger partial charge >= 0.3 is 4.87 Å². The van der Waals surface area contributed by atoms with Crippen molar-refractivity contribution in [2.75, 3.05) is 0 Å². The van der Waals surface area contributed by atoms with Gasteiger partial charge in [-0.3, -0.25) is 4.79 Å². The Morgan fingerprint density at radius 2 is 2.27 bits per heavy atom. The van der Waals surface area contributed by atoms with Crippen LogP contribution in [0.4, 0.5) is 0 Å². The predicted octanol–water partition coefficient (Wildman–Crippen LogP) is 0.887. The standard InChI is InChI=1S/C7H12N2OS/c1-4(5(2)8)6-3-11-7(10)9-6/h3-5H,8H2,1-2H3,(H,9,10). The lowest BCUT2D eigenvalue weighted by Crippen LogP contribution is -2.23. The lowest BCUT2D eigenvalue weighted by Gasteiger charge is -2.12. The van der Waals surface area contributed by atoms with Gasteiger partial charge in [0, 0.05) is 23.0 Å². The number of nitrogens with one attached hydrogen (secondary N) is 1. The monoisotopic (exact) mass is 172 g/mol. The van der Waals surface area contributed by atoms with E-state index in [0.717, 1.165) is 5.69 Å². The number of nitrogens with two attached hydrogens (primary N) is 1. The molecule has 0 aliphatic carbocycles. The van der Waals surface area contributed by atoms with Crippen molar-refractivity contribution in [3.05, 3.63) is 20.7 Å². The minimum atomic E-state index is -0.00694. The number of aromatic nitrogens is 1. The van der Waals surface area contributed by atoms with Crippen LogP contribution in [0.5, 0.6) is 0 Å². The maximum absolute atomic E-state index is 10.7. The molecule has 0 aliphatic heterocycles. The van der Waals surface area contributed by atoms with Crippen molar-refractivity contribution in [3.8, 4) is 0 Å². The van der Waals surface area contributed by atoms with Gasteiger partial charge < -0.3 is 10.7 Å². The first kappa shape index (κ1) is 8.49. The van der Waals surface area contributed by atoms with E-state index >= 15 is 0 Å². The average Bonchev–Trinajstić information content (AvgIpc) is 2.34. The van der Waals surface area contributed by atoms with Crippen molar-refractivity contribution in [1.29, 1.82) is 0 Å². The summed E-state index contributed by atoms with van der Waals surface area (Å²) in [6.07, 6.45) is 0. The molecule has 0 saturated carbocycles. The maximum Gasteiger partial charge on any atom is 0.304 e. The van der Waals surface area contributed by atoms with Gasteiger partial charge in [-0.05, 0) is 6.92 Å². The highest BCUT2D eigenvalue weighted by molar-refractivity contribution is 7.07. The topological polar surface area (TPSA) is 58.9 Å². The summed E-state index contributed by atoms with van der Waals surface area (Å²) in [6, 6.07) is 0.0836. The molecule has 0 aromatic carbocycles. The van der Waals surface area contributed by atoms with Crippen molar-refractivity contribution in [1.82, 2.24) is 4.98 Å². The minimum Gasteiger partial charge on any atom is -0.327 e. The SMILES string of the molecule is CC(N)C(C)c1csc(=O)[nH]1. The highest BCUT2D eigenvalue weighted by Gasteiger charge is 2.11. The Labute approximate surface area is 69.3 Å². The van der Waals surface area contributed by atoms with Crippen LogP contribution in [0.2, 0.25) is 0 Å². The number of thiazole rings is 1. The second-order valence-corrected chi connectivity index (χ2v) is 3.59. The zero-order chi connectivity index (χ0) is 8.43. The fourth-order valence-electron chi connectivity index (χ4n) is 0.798.